The molecule has 0 bridgehead atoms. The number of alkyl halides is 2. The molecule has 0 N–H and O–H groups in total. The zero-order valence-electron chi connectivity index (χ0n) is 11.8. The molecule has 0 saturated carbocycles. The predicted molar refractivity (Wildman–Crippen MR) is 68.4 cm³/mol. The minimum Gasteiger partial charge on any atom is -0.295 e. The van der Waals surface area contributed by atoms with Crippen molar-refractivity contribution in [1.82, 2.24) is 4.90 Å². The monoisotopic (exact) mass is 247 g/mol. The number of halogens is 2. The van der Waals surface area contributed by atoms with Gasteiger partial charge in [-0.3, -0.25) is 4.90 Å². The summed E-state index contributed by atoms with van der Waals surface area (Å²) in [5, 5.41) is 0. The first-order chi connectivity index (χ1) is 7.73. The third kappa shape index (κ3) is 3.90. The number of hydrogen-bond acceptors (Lipinski definition) is 1. The topological polar surface area (TPSA) is 3.24 Å². The fourth-order valence-corrected chi connectivity index (χ4v) is 2.94. The van der Waals surface area contributed by atoms with Gasteiger partial charge in [-0.15, -0.1) is 0 Å². The summed E-state index contributed by atoms with van der Waals surface area (Å²) in [6, 6.07) is 0.288. The van der Waals surface area contributed by atoms with Gasteiger partial charge in [0, 0.05) is 17.5 Å². The van der Waals surface area contributed by atoms with Crippen LogP contribution in [0.3, 0.4) is 0 Å². The molecule has 1 heterocycles. The first-order valence-electron chi connectivity index (χ1n) is 6.78. The molecule has 2 atom stereocenters. The minimum atomic E-state index is -2.16. The predicted octanol–water partition coefficient (Wildman–Crippen LogP) is 4.18. The highest BCUT2D eigenvalue weighted by Gasteiger charge is 2.36. The summed E-state index contributed by atoms with van der Waals surface area (Å²) >= 11 is 0. The molecule has 1 nitrogen and oxygen atoms in total. The fraction of sp³-hybridized carbons (Fsp3) is 1.00. The van der Waals surface area contributed by atoms with E-state index in [9.17, 15) is 8.78 Å². The largest absolute Gasteiger partial charge is 0.295 e. The normalized spacial score (nSPS) is 28.8. The zero-order chi connectivity index (χ0) is 13.2. The highest BCUT2D eigenvalue weighted by molar-refractivity contribution is 4.89. The van der Waals surface area contributed by atoms with Crippen LogP contribution >= 0.6 is 0 Å². The van der Waals surface area contributed by atoms with Crippen molar-refractivity contribution in [3.05, 3.63) is 0 Å². The summed E-state index contributed by atoms with van der Waals surface area (Å²) in [6.45, 7) is 11.8. The van der Waals surface area contributed by atoms with Crippen LogP contribution in [-0.4, -0.2) is 29.5 Å². The van der Waals surface area contributed by atoms with E-state index in [1.54, 1.807) is 0 Å². The molecule has 0 aromatic heterocycles. The molecule has 1 saturated heterocycles. The average Bonchev–Trinajstić information content (AvgIpc) is 2.37. The van der Waals surface area contributed by atoms with Crippen LogP contribution in [0.25, 0.3) is 0 Å². The standard InChI is InChI=1S/C14H27F2N/c1-10(2)12-9-11(13(15)16)7-6-8-17(12)14(3,4)5/h10-13H,6-9H2,1-5H3. The first kappa shape index (κ1) is 14.9. The molecule has 102 valence electrons. The van der Waals surface area contributed by atoms with Crippen molar-refractivity contribution in [1.29, 1.82) is 0 Å². The van der Waals surface area contributed by atoms with Gasteiger partial charge in [0.25, 0.3) is 0 Å². The van der Waals surface area contributed by atoms with Gasteiger partial charge in [0.05, 0.1) is 0 Å². The fourth-order valence-electron chi connectivity index (χ4n) is 2.94. The van der Waals surface area contributed by atoms with Gasteiger partial charge in [-0.05, 0) is 52.5 Å². The van der Waals surface area contributed by atoms with Crippen molar-refractivity contribution >= 4 is 0 Å². The number of likely N-dealkylation sites (tertiary alicyclic amines) is 1. The van der Waals surface area contributed by atoms with Gasteiger partial charge in [-0.2, -0.15) is 0 Å². The first-order valence-corrected chi connectivity index (χ1v) is 6.78. The third-order valence-corrected chi connectivity index (χ3v) is 3.91. The van der Waals surface area contributed by atoms with Crippen molar-refractivity contribution in [3.8, 4) is 0 Å². The van der Waals surface area contributed by atoms with E-state index < -0.39 is 12.3 Å². The van der Waals surface area contributed by atoms with Gasteiger partial charge in [0.2, 0.25) is 6.43 Å². The summed E-state index contributed by atoms with van der Waals surface area (Å²) < 4.78 is 25.9. The summed E-state index contributed by atoms with van der Waals surface area (Å²) in [5.74, 6) is 0.0309. The average molecular weight is 247 g/mol. The summed E-state index contributed by atoms with van der Waals surface area (Å²) in [4.78, 5) is 2.43. The van der Waals surface area contributed by atoms with Crippen molar-refractivity contribution in [2.45, 2.75) is 71.9 Å². The van der Waals surface area contributed by atoms with Crippen molar-refractivity contribution in [2.24, 2.45) is 11.8 Å². The smallest absolute Gasteiger partial charge is 0.241 e. The molecule has 1 aliphatic rings. The molecule has 0 spiro atoms. The molecular formula is C14H27F2N. The third-order valence-electron chi connectivity index (χ3n) is 3.91. The second-order valence-electron chi connectivity index (χ2n) is 6.65. The molecule has 3 heteroatoms. The van der Waals surface area contributed by atoms with E-state index in [0.717, 1.165) is 13.0 Å². The minimum absolute atomic E-state index is 0.0753. The molecule has 1 aliphatic heterocycles. The maximum atomic E-state index is 12.9. The Morgan fingerprint density at radius 3 is 2.18 bits per heavy atom. The van der Waals surface area contributed by atoms with Gasteiger partial charge in [0.15, 0.2) is 0 Å². The maximum absolute atomic E-state index is 12.9. The Labute approximate surface area is 105 Å². The molecular weight excluding hydrogens is 220 g/mol. The van der Waals surface area contributed by atoms with Gasteiger partial charge in [-0.1, -0.05) is 13.8 Å². The van der Waals surface area contributed by atoms with Crippen LogP contribution < -0.4 is 0 Å². The van der Waals surface area contributed by atoms with Crippen molar-refractivity contribution in [2.75, 3.05) is 6.54 Å². The molecule has 1 rings (SSSR count). The number of nitrogens with zero attached hydrogens (tertiary/aromatic N) is 1. The molecule has 0 radical (unpaired) electrons. The number of rotatable bonds is 2. The summed E-state index contributed by atoms with van der Waals surface area (Å²) in [6.07, 6.45) is 0.0615. The van der Waals surface area contributed by atoms with E-state index >= 15 is 0 Å². The quantitative estimate of drug-likeness (QED) is 0.707. The second kappa shape index (κ2) is 5.64. The lowest BCUT2D eigenvalue weighted by Crippen LogP contribution is -2.50. The highest BCUT2D eigenvalue weighted by atomic mass is 19.3. The Morgan fingerprint density at radius 2 is 1.76 bits per heavy atom. The summed E-state index contributed by atoms with van der Waals surface area (Å²) in [7, 11) is 0. The lowest BCUT2D eigenvalue weighted by atomic mass is 9.89. The summed E-state index contributed by atoms with van der Waals surface area (Å²) in [5.41, 5.74) is 0.0753. The molecule has 0 aromatic carbocycles. The maximum Gasteiger partial charge on any atom is 0.241 e. The van der Waals surface area contributed by atoms with Gasteiger partial charge in [0.1, 0.15) is 0 Å². The molecule has 17 heavy (non-hydrogen) atoms. The Bertz CT molecular complexity index is 233. The molecule has 0 aliphatic carbocycles. The van der Waals surface area contributed by atoms with Crippen LogP contribution in [0.15, 0.2) is 0 Å². The molecule has 2 unspecified atom stereocenters. The molecule has 0 amide bonds. The van der Waals surface area contributed by atoms with Crippen LogP contribution in [-0.2, 0) is 0 Å². The number of hydrogen-bond donors (Lipinski definition) is 0. The zero-order valence-corrected chi connectivity index (χ0v) is 11.8. The Hall–Kier alpha value is -0.180. The van der Waals surface area contributed by atoms with Crippen molar-refractivity contribution < 1.29 is 8.78 Å². The van der Waals surface area contributed by atoms with Gasteiger partial charge >= 0.3 is 0 Å². The van der Waals surface area contributed by atoms with Gasteiger partial charge in [-0.25, -0.2) is 8.78 Å². The van der Waals surface area contributed by atoms with E-state index in [1.165, 1.54) is 0 Å². The van der Waals surface area contributed by atoms with Gasteiger partial charge < -0.3 is 0 Å². The lowest BCUT2D eigenvalue weighted by molar-refractivity contribution is 0.0276. The van der Waals surface area contributed by atoms with E-state index in [4.69, 9.17) is 0 Å². The van der Waals surface area contributed by atoms with E-state index in [0.29, 0.717) is 18.8 Å². The van der Waals surface area contributed by atoms with Crippen LogP contribution in [0.1, 0.15) is 53.9 Å². The van der Waals surface area contributed by atoms with E-state index in [2.05, 4.69) is 39.5 Å². The van der Waals surface area contributed by atoms with Crippen LogP contribution in [0, 0.1) is 11.8 Å². The van der Waals surface area contributed by atoms with Crippen molar-refractivity contribution in [3.63, 3.8) is 0 Å². The van der Waals surface area contributed by atoms with Crippen LogP contribution in [0.5, 0.6) is 0 Å². The second-order valence-corrected chi connectivity index (χ2v) is 6.65. The van der Waals surface area contributed by atoms with E-state index in [-0.39, 0.29) is 11.6 Å². The lowest BCUT2D eigenvalue weighted by Gasteiger charge is -2.43. The molecule has 0 aromatic rings. The molecule has 1 fully saturated rings. The van der Waals surface area contributed by atoms with E-state index in [1.807, 2.05) is 0 Å². The Morgan fingerprint density at radius 1 is 1.18 bits per heavy atom. The SMILES string of the molecule is CC(C)C1CC(C(F)F)CCCN1C(C)(C)C. The van der Waals surface area contributed by atoms with Crippen LogP contribution in [0.4, 0.5) is 8.78 Å². The highest BCUT2D eigenvalue weighted by Crippen LogP contribution is 2.34. The Balaban J connectivity index is 2.85. The Kier molecular flexibility index (Phi) is 4.94. The van der Waals surface area contributed by atoms with Crippen LogP contribution in [0.2, 0.25) is 0 Å².